The van der Waals surface area contributed by atoms with E-state index in [1.54, 1.807) is 24.8 Å². The zero-order chi connectivity index (χ0) is 20.9. The van der Waals surface area contributed by atoms with Crippen molar-refractivity contribution in [2.24, 2.45) is 0 Å². The molecule has 1 aliphatic rings. The average molecular weight is 406 g/mol. The minimum absolute atomic E-state index is 0.155. The molecule has 0 aliphatic heterocycles. The number of amides is 1. The van der Waals surface area contributed by atoms with E-state index in [1.807, 2.05) is 31.2 Å². The van der Waals surface area contributed by atoms with Crippen molar-refractivity contribution in [3.63, 3.8) is 0 Å². The molecule has 1 fully saturated rings. The number of hydrogen-bond acceptors (Lipinski definition) is 6. The Bertz CT molecular complexity index is 1000. The normalized spacial score (nSPS) is 18.7. The zero-order valence-electron chi connectivity index (χ0n) is 17.0. The predicted molar refractivity (Wildman–Crippen MR) is 113 cm³/mol. The number of aliphatic hydroxyl groups is 1. The van der Waals surface area contributed by atoms with Gasteiger partial charge in [0.1, 0.15) is 5.69 Å². The van der Waals surface area contributed by atoms with Gasteiger partial charge in [-0.05, 0) is 49.1 Å². The van der Waals surface area contributed by atoms with Crippen LogP contribution in [-0.4, -0.2) is 43.1 Å². The first-order valence-electron chi connectivity index (χ1n) is 10.2. The van der Waals surface area contributed by atoms with E-state index in [0.717, 1.165) is 48.2 Å². The fraction of sp³-hybridized carbons (Fsp3) is 0.364. The van der Waals surface area contributed by atoms with Crippen LogP contribution in [0.2, 0.25) is 0 Å². The molecular weight excluding hydrogens is 380 g/mol. The van der Waals surface area contributed by atoms with Gasteiger partial charge >= 0.3 is 0 Å². The maximum absolute atomic E-state index is 12.7. The second kappa shape index (κ2) is 9.04. The molecule has 1 saturated carbocycles. The number of pyridine rings is 1. The predicted octanol–water partition coefficient (Wildman–Crippen LogP) is 2.62. The second-order valence-corrected chi connectivity index (χ2v) is 7.68. The van der Waals surface area contributed by atoms with Crippen LogP contribution < -0.4 is 10.6 Å². The summed E-state index contributed by atoms with van der Waals surface area (Å²) >= 11 is 0. The highest BCUT2D eigenvalue weighted by Crippen LogP contribution is 2.21. The number of anilines is 1. The molecule has 2 atom stereocenters. The number of rotatable bonds is 6. The Labute approximate surface area is 175 Å². The van der Waals surface area contributed by atoms with Crippen molar-refractivity contribution in [1.29, 1.82) is 0 Å². The molecule has 0 saturated heterocycles. The van der Waals surface area contributed by atoms with Gasteiger partial charge in [-0.15, -0.1) is 0 Å². The fourth-order valence-corrected chi connectivity index (χ4v) is 3.71. The van der Waals surface area contributed by atoms with Crippen molar-refractivity contribution in [2.75, 3.05) is 5.32 Å². The summed E-state index contributed by atoms with van der Waals surface area (Å²) in [6, 6.07) is 7.39. The number of nitrogens with zero attached hydrogens (tertiary/aromatic N) is 4. The van der Waals surface area contributed by atoms with Crippen LogP contribution in [0.3, 0.4) is 0 Å². The molecule has 3 aromatic rings. The van der Waals surface area contributed by atoms with E-state index in [1.165, 1.54) is 4.80 Å². The highest BCUT2D eigenvalue weighted by molar-refractivity contribution is 5.95. The maximum Gasteiger partial charge on any atom is 0.251 e. The second-order valence-electron chi connectivity index (χ2n) is 7.68. The van der Waals surface area contributed by atoms with Crippen LogP contribution in [0, 0.1) is 6.92 Å². The summed E-state index contributed by atoms with van der Waals surface area (Å²) in [5, 5.41) is 24.8. The van der Waals surface area contributed by atoms with Crippen LogP contribution in [0.25, 0.3) is 5.69 Å². The molecule has 1 aliphatic carbocycles. The van der Waals surface area contributed by atoms with E-state index < -0.39 is 6.10 Å². The number of nitrogens with one attached hydrogen (secondary N) is 2. The Morgan fingerprint density at radius 1 is 1.17 bits per heavy atom. The molecule has 1 aromatic carbocycles. The highest BCUT2D eigenvalue weighted by atomic mass is 16.3. The summed E-state index contributed by atoms with van der Waals surface area (Å²) in [6.07, 6.45) is 9.88. The van der Waals surface area contributed by atoms with Crippen molar-refractivity contribution in [3.8, 4) is 5.69 Å². The number of aliphatic hydroxyl groups excluding tert-OH is 1. The lowest BCUT2D eigenvalue weighted by atomic mass is 9.92. The topological polar surface area (TPSA) is 105 Å². The van der Waals surface area contributed by atoms with Gasteiger partial charge in [-0.1, -0.05) is 18.9 Å². The Hall–Kier alpha value is -3.26. The Morgan fingerprint density at radius 2 is 1.97 bits per heavy atom. The number of aryl methyl sites for hydroxylation is 1. The lowest BCUT2D eigenvalue weighted by molar-refractivity contribution is 0.0717. The van der Waals surface area contributed by atoms with E-state index in [2.05, 4.69) is 25.8 Å². The van der Waals surface area contributed by atoms with Gasteiger partial charge in [0, 0.05) is 24.0 Å². The van der Waals surface area contributed by atoms with Crippen molar-refractivity contribution in [1.82, 2.24) is 25.3 Å². The van der Waals surface area contributed by atoms with Crippen LogP contribution in [0.1, 0.15) is 47.2 Å². The van der Waals surface area contributed by atoms with Crippen LogP contribution >= 0.6 is 0 Å². The van der Waals surface area contributed by atoms with Gasteiger partial charge in [0.05, 0.1) is 30.7 Å². The lowest BCUT2D eigenvalue weighted by Gasteiger charge is -2.28. The van der Waals surface area contributed by atoms with Crippen LogP contribution in [-0.2, 0) is 6.54 Å². The van der Waals surface area contributed by atoms with E-state index in [4.69, 9.17) is 0 Å². The summed E-state index contributed by atoms with van der Waals surface area (Å²) in [4.78, 5) is 18.5. The Kier molecular flexibility index (Phi) is 6.04. The van der Waals surface area contributed by atoms with E-state index in [-0.39, 0.29) is 11.9 Å². The maximum atomic E-state index is 12.7. The molecule has 156 valence electrons. The number of carbonyl (C=O) groups is 1. The summed E-state index contributed by atoms with van der Waals surface area (Å²) in [5.41, 5.74) is 4.27. The minimum Gasteiger partial charge on any atom is -0.391 e. The van der Waals surface area contributed by atoms with Crippen molar-refractivity contribution in [3.05, 3.63) is 65.7 Å². The molecule has 0 unspecified atom stereocenters. The molecule has 2 aromatic heterocycles. The third-order valence-electron chi connectivity index (χ3n) is 5.46. The Morgan fingerprint density at radius 3 is 2.77 bits per heavy atom. The number of aromatic nitrogens is 4. The standard InChI is InChI=1S/C22H26N6O2/c1-15-6-7-17(22(30)27-19-4-2-3-5-21(19)29)11-20(15)24-13-16-10-18(14-23-12-16)28-25-8-9-26-28/h6-12,14,19,21,24,29H,2-5,13H2,1H3,(H,27,30)/t19-,21-/m0/s1. The third-order valence-corrected chi connectivity index (χ3v) is 5.46. The third kappa shape index (κ3) is 4.65. The molecule has 0 spiro atoms. The van der Waals surface area contributed by atoms with Gasteiger partial charge in [-0.2, -0.15) is 15.0 Å². The smallest absolute Gasteiger partial charge is 0.251 e. The zero-order valence-corrected chi connectivity index (χ0v) is 17.0. The summed E-state index contributed by atoms with van der Waals surface area (Å²) in [5.74, 6) is -0.155. The average Bonchev–Trinajstić information content (AvgIpc) is 3.30. The molecule has 4 rings (SSSR count). The summed E-state index contributed by atoms with van der Waals surface area (Å²) in [6.45, 7) is 2.55. The molecule has 8 nitrogen and oxygen atoms in total. The first-order valence-corrected chi connectivity index (χ1v) is 10.2. The number of hydrogen-bond donors (Lipinski definition) is 3. The van der Waals surface area contributed by atoms with Gasteiger partial charge in [0.2, 0.25) is 0 Å². The number of carbonyl (C=O) groups excluding carboxylic acids is 1. The number of benzene rings is 1. The summed E-state index contributed by atoms with van der Waals surface area (Å²) in [7, 11) is 0. The first kappa shape index (κ1) is 20.0. The van der Waals surface area contributed by atoms with E-state index in [9.17, 15) is 9.90 Å². The van der Waals surface area contributed by atoms with Crippen LogP contribution in [0.4, 0.5) is 5.69 Å². The lowest BCUT2D eigenvalue weighted by Crippen LogP contribution is -2.45. The van der Waals surface area contributed by atoms with Gasteiger partial charge < -0.3 is 15.7 Å². The quantitative estimate of drug-likeness (QED) is 0.581. The molecule has 8 heteroatoms. The van der Waals surface area contributed by atoms with Gasteiger partial charge in [-0.25, -0.2) is 0 Å². The van der Waals surface area contributed by atoms with Crippen LogP contribution in [0.15, 0.2) is 49.1 Å². The van der Waals surface area contributed by atoms with Crippen molar-refractivity contribution < 1.29 is 9.90 Å². The largest absolute Gasteiger partial charge is 0.391 e. The van der Waals surface area contributed by atoms with E-state index >= 15 is 0 Å². The van der Waals surface area contributed by atoms with Crippen molar-refractivity contribution in [2.45, 2.75) is 51.3 Å². The molecular formula is C22H26N6O2. The fourth-order valence-electron chi connectivity index (χ4n) is 3.71. The molecule has 30 heavy (non-hydrogen) atoms. The van der Waals surface area contributed by atoms with Crippen molar-refractivity contribution >= 4 is 11.6 Å². The highest BCUT2D eigenvalue weighted by Gasteiger charge is 2.25. The SMILES string of the molecule is Cc1ccc(C(=O)N[C@H]2CCCC[C@@H]2O)cc1NCc1cncc(-n2nccn2)c1. The van der Waals surface area contributed by atoms with Gasteiger partial charge in [0.25, 0.3) is 5.91 Å². The molecule has 3 N–H and O–H groups in total. The van der Waals surface area contributed by atoms with E-state index in [0.29, 0.717) is 12.1 Å². The van der Waals surface area contributed by atoms with Gasteiger partial charge in [0.15, 0.2) is 0 Å². The van der Waals surface area contributed by atoms with Gasteiger partial charge in [-0.3, -0.25) is 9.78 Å². The molecule has 1 amide bonds. The monoisotopic (exact) mass is 406 g/mol. The molecule has 2 heterocycles. The Balaban J connectivity index is 1.43. The molecule has 0 bridgehead atoms. The van der Waals surface area contributed by atoms with Crippen LogP contribution in [0.5, 0.6) is 0 Å². The minimum atomic E-state index is -0.463. The molecule has 0 radical (unpaired) electrons. The summed E-state index contributed by atoms with van der Waals surface area (Å²) < 4.78 is 0. The first-order chi connectivity index (χ1) is 14.6.